The molecular weight excluding hydrogens is 330 g/mol. The van der Waals surface area contributed by atoms with Crippen molar-refractivity contribution in [3.63, 3.8) is 0 Å². The number of rotatable bonds is 8. The van der Waals surface area contributed by atoms with E-state index in [1.807, 2.05) is 36.3 Å². The van der Waals surface area contributed by atoms with Gasteiger partial charge in [-0.25, -0.2) is 4.98 Å². The number of aldehydes is 1. The number of thioether (sulfide) groups is 2. The van der Waals surface area contributed by atoms with Crippen molar-refractivity contribution < 1.29 is 9.59 Å². The quantitative estimate of drug-likeness (QED) is 0.316. The van der Waals surface area contributed by atoms with Crippen LogP contribution in [0.3, 0.4) is 0 Å². The first-order chi connectivity index (χ1) is 11.3. The van der Waals surface area contributed by atoms with Crippen molar-refractivity contribution in [2.45, 2.75) is 23.9 Å². The van der Waals surface area contributed by atoms with Crippen molar-refractivity contribution in [1.29, 1.82) is 0 Å². The van der Waals surface area contributed by atoms with Crippen LogP contribution in [0.25, 0.3) is 5.65 Å². The Morgan fingerprint density at radius 1 is 1.43 bits per heavy atom. The van der Waals surface area contributed by atoms with E-state index in [0.717, 1.165) is 42.4 Å². The van der Waals surface area contributed by atoms with Crippen LogP contribution in [-0.4, -0.2) is 56.3 Å². The van der Waals surface area contributed by atoms with E-state index in [2.05, 4.69) is 20.4 Å². The van der Waals surface area contributed by atoms with Crippen LogP contribution in [0.5, 0.6) is 0 Å². The number of imidazole rings is 1. The number of carbonyl (C=O) groups is 2. The molecule has 1 fully saturated rings. The summed E-state index contributed by atoms with van der Waals surface area (Å²) in [5.74, 6) is 2.35. The normalized spacial score (nSPS) is 18.5. The molecule has 0 N–H and O–H groups in total. The van der Waals surface area contributed by atoms with Crippen LogP contribution in [-0.2, 0) is 9.59 Å². The second kappa shape index (κ2) is 7.99. The van der Waals surface area contributed by atoms with Crippen molar-refractivity contribution in [2.24, 2.45) is 0 Å². The summed E-state index contributed by atoms with van der Waals surface area (Å²) in [5, 5.41) is 1.20. The van der Waals surface area contributed by atoms with E-state index in [0.29, 0.717) is 6.29 Å². The molecule has 7 heteroatoms. The summed E-state index contributed by atoms with van der Waals surface area (Å²) in [6, 6.07) is 5.93. The molecule has 5 nitrogen and oxygen atoms in total. The van der Waals surface area contributed by atoms with Crippen LogP contribution in [0, 0.1) is 0 Å². The number of aromatic nitrogens is 2. The van der Waals surface area contributed by atoms with Gasteiger partial charge in [-0.3, -0.25) is 18.9 Å². The smallest absolute Gasteiger partial charge is 0.213 e. The number of hydrogen-bond acceptors (Lipinski definition) is 6. The first-order valence-corrected chi connectivity index (χ1v) is 9.79. The van der Waals surface area contributed by atoms with E-state index in [1.54, 1.807) is 11.8 Å². The SMILES string of the molecule is O=CC(=O)C1CSCN1CCCCSc1cccc2nccn12. The minimum absolute atomic E-state index is 0.204. The number of unbranched alkanes of at least 4 members (excludes halogenated alkanes) is 1. The molecule has 0 amide bonds. The second-order valence-corrected chi connectivity index (χ2v) is 7.54. The van der Waals surface area contributed by atoms with Gasteiger partial charge in [0.25, 0.3) is 0 Å². The number of carbonyl (C=O) groups excluding carboxylic acids is 2. The van der Waals surface area contributed by atoms with Gasteiger partial charge in [0.1, 0.15) is 5.65 Å². The van der Waals surface area contributed by atoms with Gasteiger partial charge in [-0.2, -0.15) is 0 Å². The summed E-state index contributed by atoms with van der Waals surface area (Å²) < 4.78 is 2.10. The number of hydrogen-bond donors (Lipinski definition) is 0. The number of nitrogens with zero attached hydrogens (tertiary/aromatic N) is 3. The highest BCUT2D eigenvalue weighted by Crippen LogP contribution is 2.23. The highest BCUT2D eigenvalue weighted by molar-refractivity contribution is 7.99. The van der Waals surface area contributed by atoms with Gasteiger partial charge in [0, 0.05) is 24.0 Å². The molecule has 1 atom stereocenters. The highest BCUT2D eigenvalue weighted by atomic mass is 32.2. The van der Waals surface area contributed by atoms with Gasteiger partial charge in [0.05, 0.1) is 11.1 Å². The van der Waals surface area contributed by atoms with Gasteiger partial charge in [-0.15, -0.1) is 23.5 Å². The first-order valence-electron chi connectivity index (χ1n) is 7.65. The van der Waals surface area contributed by atoms with E-state index < -0.39 is 0 Å². The van der Waals surface area contributed by atoms with Crippen LogP contribution in [0.4, 0.5) is 0 Å². The maximum absolute atomic E-state index is 11.6. The fourth-order valence-corrected chi connectivity index (χ4v) is 4.94. The molecule has 2 aromatic heterocycles. The van der Waals surface area contributed by atoms with Gasteiger partial charge in [-0.1, -0.05) is 6.07 Å². The van der Waals surface area contributed by atoms with E-state index >= 15 is 0 Å². The van der Waals surface area contributed by atoms with E-state index in [9.17, 15) is 9.59 Å². The molecule has 23 heavy (non-hydrogen) atoms. The molecule has 1 aliphatic heterocycles. The standard InChI is InChI=1S/C16H19N3O2S2/c20-10-14(21)13-11-22-12-18(13)7-1-2-9-23-16-5-3-4-15-17-6-8-19(15)16/h3-6,8,10,13H,1-2,7,9,11-12H2. The molecule has 2 aromatic rings. The van der Waals surface area contributed by atoms with Crippen molar-refractivity contribution in [3.05, 3.63) is 30.6 Å². The van der Waals surface area contributed by atoms with Crippen molar-refractivity contribution in [1.82, 2.24) is 14.3 Å². The van der Waals surface area contributed by atoms with Gasteiger partial charge >= 0.3 is 0 Å². The van der Waals surface area contributed by atoms with Gasteiger partial charge < -0.3 is 0 Å². The Bertz CT molecular complexity index is 689. The number of Topliss-reactive ketones (excluding diaryl/α,β-unsaturated/α-hetero) is 1. The third-order valence-corrected chi connectivity index (χ3v) is 6.09. The van der Waals surface area contributed by atoms with E-state index in [-0.39, 0.29) is 11.8 Å². The molecule has 1 saturated heterocycles. The monoisotopic (exact) mass is 349 g/mol. The molecule has 0 radical (unpaired) electrons. The topological polar surface area (TPSA) is 54.7 Å². The molecule has 0 bridgehead atoms. The fourth-order valence-electron chi connectivity index (χ4n) is 2.67. The maximum Gasteiger partial charge on any atom is 0.213 e. The molecule has 0 aliphatic carbocycles. The van der Waals surface area contributed by atoms with Crippen molar-refractivity contribution in [3.8, 4) is 0 Å². The molecule has 3 rings (SSSR count). The lowest BCUT2D eigenvalue weighted by atomic mass is 10.2. The molecule has 0 aromatic carbocycles. The summed E-state index contributed by atoms with van der Waals surface area (Å²) >= 11 is 3.55. The Hall–Kier alpha value is -1.31. The predicted molar refractivity (Wildman–Crippen MR) is 94.0 cm³/mol. The predicted octanol–water partition coefficient (Wildman–Crippen LogP) is 2.35. The van der Waals surface area contributed by atoms with Gasteiger partial charge in [0.15, 0.2) is 6.29 Å². The van der Waals surface area contributed by atoms with Crippen LogP contribution >= 0.6 is 23.5 Å². The van der Waals surface area contributed by atoms with Crippen LogP contribution < -0.4 is 0 Å². The zero-order valence-corrected chi connectivity index (χ0v) is 14.4. The first kappa shape index (κ1) is 16.5. The molecular formula is C16H19N3O2S2. The largest absolute Gasteiger partial charge is 0.295 e. The summed E-state index contributed by atoms with van der Waals surface area (Å²) in [6.07, 6.45) is 6.38. The summed E-state index contributed by atoms with van der Waals surface area (Å²) in [5.41, 5.74) is 0.972. The van der Waals surface area contributed by atoms with Gasteiger partial charge in [0.2, 0.25) is 5.78 Å². The highest BCUT2D eigenvalue weighted by Gasteiger charge is 2.29. The molecule has 0 spiro atoms. The minimum atomic E-state index is -0.281. The Labute approximate surface area is 143 Å². The third kappa shape index (κ3) is 3.97. The number of pyridine rings is 1. The van der Waals surface area contributed by atoms with E-state index in [4.69, 9.17) is 0 Å². The Morgan fingerprint density at radius 3 is 3.22 bits per heavy atom. The molecule has 122 valence electrons. The van der Waals surface area contributed by atoms with Crippen LogP contribution in [0.1, 0.15) is 12.8 Å². The Kier molecular flexibility index (Phi) is 5.75. The summed E-state index contributed by atoms with van der Waals surface area (Å²) in [4.78, 5) is 28.6. The van der Waals surface area contributed by atoms with Crippen molar-refractivity contribution in [2.75, 3.05) is 23.9 Å². The maximum atomic E-state index is 11.6. The molecule has 0 saturated carbocycles. The number of ketones is 1. The molecule has 1 aliphatic rings. The van der Waals surface area contributed by atoms with Crippen LogP contribution in [0.2, 0.25) is 0 Å². The second-order valence-electron chi connectivity index (χ2n) is 5.42. The van der Waals surface area contributed by atoms with Gasteiger partial charge in [-0.05, 0) is 37.3 Å². The van der Waals surface area contributed by atoms with E-state index in [1.165, 1.54) is 5.03 Å². The number of fused-ring (bicyclic) bond motifs is 1. The molecule has 1 unspecified atom stereocenters. The lowest BCUT2D eigenvalue weighted by Gasteiger charge is -2.20. The van der Waals surface area contributed by atoms with Crippen molar-refractivity contribution >= 4 is 41.2 Å². The third-order valence-electron chi connectivity index (χ3n) is 3.90. The lowest BCUT2D eigenvalue weighted by molar-refractivity contribution is -0.132. The van der Waals surface area contributed by atoms with Crippen LogP contribution in [0.15, 0.2) is 35.6 Å². The summed E-state index contributed by atoms with van der Waals surface area (Å²) in [7, 11) is 0. The minimum Gasteiger partial charge on any atom is -0.295 e. The lowest BCUT2D eigenvalue weighted by Crippen LogP contribution is -2.38. The fraction of sp³-hybridized carbons (Fsp3) is 0.438. The summed E-state index contributed by atoms with van der Waals surface area (Å²) in [6.45, 7) is 0.882. The zero-order chi connectivity index (χ0) is 16.1. The average Bonchev–Trinajstić information content (AvgIpc) is 3.23. The Morgan fingerprint density at radius 2 is 2.35 bits per heavy atom. The molecule has 3 heterocycles. The average molecular weight is 349 g/mol. The Balaban J connectivity index is 1.43. The zero-order valence-electron chi connectivity index (χ0n) is 12.8.